The van der Waals surface area contributed by atoms with E-state index in [1.165, 1.54) is 0 Å². The standard InChI is InChI=1S/C56H107NO13Si3/c1-25-31-61-51-39(5)63-45(35-56(51,15)59)66-47-38(4)64-52(50(46(47)57(16)17)70-73(23,24)55(12,13)14)67-48-40-32-36(2)41(68-71(19,20)53(6,7)8)30-28-26-27-29-37(3)62-43(58)34-42(49(48)60-18)65-44(33-40)69-72(21,22)54(9,10)11/h26-28,30,36-42,44-52,59H,25,29,31-35H2,1-24H3/b27-26+,30-28+/t36-,37-,38+,39-,40-,41+,42-,44?,45-,46-,47+,48+,49+,50+,51-,52-,56+/m1/s1. The molecule has 4 aliphatic rings. The van der Waals surface area contributed by atoms with Crippen molar-refractivity contribution in [2.24, 2.45) is 11.8 Å². The normalized spacial score (nSPS) is 38.2. The van der Waals surface area contributed by atoms with Gasteiger partial charge in [-0.3, -0.25) is 4.79 Å². The fourth-order valence-electron chi connectivity index (χ4n) is 9.93. The highest BCUT2D eigenvalue weighted by atomic mass is 28.4. The summed E-state index contributed by atoms with van der Waals surface area (Å²) in [6, 6.07) is -0.394. The molecule has 3 saturated heterocycles. The summed E-state index contributed by atoms with van der Waals surface area (Å²) in [4.78, 5) is 16.3. The van der Waals surface area contributed by atoms with Gasteiger partial charge in [-0.05, 0) is 121 Å². The van der Waals surface area contributed by atoms with Crippen LogP contribution in [0.2, 0.25) is 54.4 Å². The Labute approximate surface area is 447 Å². The molecule has 0 radical (unpaired) electrons. The zero-order valence-electron chi connectivity index (χ0n) is 50.3. The van der Waals surface area contributed by atoms with E-state index in [0.717, 1.165) is 6.42 Å². The van der Waals surface area contributed by atoms with Crippen LogP contribution < -0.4 is 0 Å². The molecule has 0 saturated carbocycles. The fourth-order valence-corrected chi connectivity index (χ4v) is 13.7. The topological polar surface area (TPSA) is 142 Å². The van der Waals surface area contributed by atoms with E-state index in [2.05, 4.69) is 132 Å². The van der Waals surface area contributed by atoms with Crippen LogP contribution >= 0.6 is 0 Å². The first-order chi connectivity index (χ1) is 33.4. The Morgan fingerprint density at radius 2 is 1.33 bits per heavy atom. The molecule has 14 nitrogen and oxygen atoms in total. The molecule has 17 atom stereocenters. The lowest BCUT2D eigenvalue weighted by Crippen LogP contribution is -2.68. The van der Waals surface area contributed by atoms with E-state index in [9.17, 15) is 9.90 Å². The first-order valence-corrected chi connectivity index (χ1v) is 36.5. The fraction of sp³-hybridized carbons (Fsp3) is 0.911. The van der Waals surface area contributed by atoms with Gasteiger partial charge in [-0.25, -0.2) is 0 Å². The van der Waals surface area contributed by atoms with Crippen molar-refractivity contribution in [2.75, 3.05) is 27.8 Å². The van der Waals surface area contributed by atoms with Crippen molar-refractivity contribution < 1.29 is 61.1 Å². The molecule has 0 aromatic heterocycles. The van der Waals surface area contributed by atoms with E-state index >= 15 is 0 Å². The third kappa shape index (κ3) is 16.8. The maximum absolute atomic E-state index is 14.1. The molecular weight excluding hydrogens is 979 g/mol. The minimum Gasteiger partial charge on any atom is -0.462 e. The number of carbonyl (C=O) groups excluding carboxylic acids is 1. The Hall–Kier alpha value is -0.879. The van der Waals surface area contributed by atoms with Crippen molar-refractivity contribution in [3.05, 3.63) is 24.3 Å². The monoisotopic (exact) mass is 1090 g/mol. The Morgan fingerprint density at radius 1 is 0.740 bits per heavy atom. The van der Waals surface area contributed by atoms with Crippen LogP contribution in [0.4, 0.5) is 0 Å². The number of carbonyl (C=O) groups is 1. The van der Waals surface area contributed by atoms with Crippen molar-refractivity contribution in [1.82, 2.24) is 4.90 Å². The highest BCUT2D eigenvalue weighted by Gasteiger charge is 2.56. The SMILES string of the molecule is CCCO[C@@H]1[C@@H](C)O[C@H](O[C@@H]2[C@@H](N(C)C)[C@H](O[Si](C)(C)C(C)(C)C)[C@@H](O[C@H]3[C@H]4CC(O[Si](C)(C)C(C)(C)C)O[C@H](CC(=O)O[C@H](C)C/C=C/C=C/[C@H](O[Si](C)(C)C(C)(C)C)[C@H](C)C4)[C@@H]3OC)O[C@H]2C)C[C@]1(C)O. The van der Waals surface area contributed by atoms with Gasteiger partial charge in [-0.2, -0.15) is 0 Å². The lowest BCUT2D eigenvalue weighted by molar-refractivity contribution is -0.343. The summed E-state index contributed by atoms with van der Waals surface area (Å²) in [6.45, 7) is 46.3. The van der Waals surface area contributed by atoms with E-state index < -0.39 is 104 Å². The maximum Gasteiger partial charge on any atom is 0.308 e. The van der Waals surface area contributed by atoms with Gasteiger partial charge in [0.05, 0.1) is 48.6 Å². The van der Waals surface area contributed by atoms with E-state index in [-0.39, 0.29) is 58.0 Å². The average molecular weight is 1090 g/mol. The molecule has 4 rings (SSSR count). The van der Waals surface area contributed by atoms with Crippen molar-refractivity contribution in [3.8, 4) is 0 Å². The number of nitrogens with zero attached hydrogens (tertiary/aromatic N) is 1. The Balaban J connectivity index is 1.93. The average Bonchev–Trinajstić information content (AvgIpc) is 3.33. The molecule has 73 heavy (non-hydrogen) atoms. The molecule has 4 aliphatic heterocycles. The summed E-state index contributed by atoms with van der Waals surface area (Å²) >= 11 is 0. The van der Waals surface area contributed by atoms with Crippen molar-refractivity contribution in [1.29, 1.82) is 0 Å². The van der Waals surface area contributed by atoms with Gasteiger partial charge in [0.1, 0.15) is 36.8 Å². The number of likely N-dealkylation sites (N-methyl/N-ethyl adjacent to an activating group) is 1. The predicted molar refractivity (Wildman–Crippen MR) is 298 cm³/mol. The second-order valence-electron chi connectivity index (χ2n) is 27.1. The van der Waals surface area contributed by atoms with Gasteiger partial charge >= 0.3 is 5.97 Å². The lowest BCUT2D eigenvalue weighted by atomic mass is 9.83. The molecule has 0 amide bonds. The second-order valence-corrected chi connectivity index (χ2v) is 41.4. The summed E-state index contributed by atoms with van der Waals surface area (Å²) in [6.07, 6.45) is 3.18. The highest BCUT2D eigenvalue weighted by Crippen LogP contribution is 2.46. The van der Waals surface area contributed by atoms with E-state index in [1.807, 2.05) is 47.0 Å². The summed E-state index contributed by atoms with van der Waals surface area (Å²) in [5.74, 6) is -0.613. The van der Waals surface area contributed by atoms with Gasteiger partial charge in [0.15, 0.2) is 37.5 Å². The predicted octanol–water partition coefficient (Wildman–Crippen LogP) is 11.5. The van der Waals surface area contributed by atoms with Crippen molar-refractivity contribution in [3.63, 3.8) is 0 Å². The smallest absolute Gasteiger partial charge is 0.308 e. The maximum atomic E-state index is 14.1. The summed E-state index contributed by atoms with van der Waals surface area (Å²) in [5, 5.41) is 11.5. The number of allylic oxidation sites excluding steroid dienone is 2. The Bertz CT molecular complexity index is 1790. The van der Waals surface area contributed by atoms with Crippen LogP contribution in [0.1, 0.15) is 142 Å². The summed E-state index contributed by atoms with van der Waals surface area (Å²) in [7, 11) is -1.55. The molecule has 3 fully saturated rings. The molecule has 4 heterocycles. The summed E-state index contributed by atoms with van der Waals surface area (Å²) in [5.41, 5.74) is -1.19. The Morgan fingerprint density at radius 3 is 1.88 bits per heavy atom. The molecule has 426 valence electrons. The number of cyclic esters (lactones) is 1. The number of fused-ring (bicyclic) bond motifs is 3. The van der Waals surface area contributed by atoms with Gasteiger partial charge < -0.3 is 61.2 Å². The van der Waals surface area contributed by atoms with E-state index in [1.54, 1.807) is 14.0 Å². The molecule has 17 heteroatoms. The van der Waals surface area contributed by atoms with Gasteiger partial charge in [-0.1, -0.05) is 100 Å². The zero-order valence-corrected chi connectivity index (χ0v) is 53.3. The van der Waals surface area contributed by atoms with Crippen LogP contribution in [0.15, 0.2) is 24.3 Å². The molecule has 0 spiro atoms. The van der Waals surface area contributed by atoms with Crippen LogP contribution in [-0.4, -0.2) is 160 Å². The minimum atomic E-state index is -2.58. The molecule has 1 unspecified atom stereocenters. The summed E-state index contributed by atoms with van der Waals surface area (Å²) < 4.78 is 76.6. The van der Waals surface area contributed by atoms with Crippen LogP contribution in [0, 0.1) is 11.8 Å². The van der Waals surface area contributed by atoms with Crippen molar-refractivity contribution >= 4 is 30.9 Å². The molecule has 2 bridgehead atoms. The van der Waals surface area contributed by atoms with Crippen LogP contribution in [0.3, 0.4) is 0 Å². The second kappa shape index (κ2) is 25.5. The van der Waals surface area contributed by atoms with Gasteiger partial charge in [0, 0.05) is 33.0 Å². The number of hydrogen-bond acceptors (Lipinski definition) is 14. The van der Waals surface area contributed by atoms with Gasteiger partial charge in [0.2, 0.25) is 0 Å². The largest absolute Gasteiger partial charge is 0.462 e. The third-order valence-electron chi connectivity index (χ3n) is 17.3. The lowest BCUT2D eigenvalue weighted by Gasteiger charge is -2.53. The quantitative estimate of drug-likeness (QED) is 0.123. The molecule has 1 N–H and O–H groups in total. The first kappa shape index (κ1) is 64.6. The minimum absolute atomic E-state index is 0.00842. The van der Waals surface area contributed by atoms with E-state index in [0.29, 0.717) is 25.9 Å². The number of esters is 1. The number of hydrogen-bond donors (Lipinski definition) is 1. The van der Waals surface area contributed by atoms with Gasteiger partial charge in [0.25, 0.3) is 0 Å². The number of rotatable bonds is 15. The van der Waals surface area contributed by atoms with Crippen LogP contribution in [-0.2, 0) is 56.0 Å². The number of methoxy groups -OCH3 is 1. The molecular formula is C56H107NO13Si3. The number of ether oxygens (including phenoxy) is 8. The third-order valence-corrected chi connectivity index (χ3v) is 30.8. The molecule has 0 aliphatic carbocycles. The van der Waals surface area contributed by atoms with Crippen LogP contribution in [0.25, 0.3) is 0 Å². The van der Waals surface area contributed by atoms with Gasteiger partial charge in [-0.15, -0.1) is 0 Å². The van der Waals surface area contributed by atoms with E-state index in [4.69, 9.17) is 51.2 Å². The first-order valence-electron chi connectivity index (χ1n) is 27.7. The van der Waals surface area contributed by atoms with Crippen LogP contribution in [0.5, 0.6) is 0 Å². The Kier molecular flexibility index (Phi) is 22.6. The highest BCUT2D eigenvalue weighted by molar-refractivity contribution is 6.75. The molecule has 0 aromatic carbocycles. The zero-order chi connectivity index (χ0) is 55.4. The molecule has 0 aromatic rings. The number of aliphatic hydroxyl groups is 1. The van der Waals surface area contributed by atoms with Crippen molar-refractivity contribution in [2.45, 2.75) is 288 Å².